The van der Waals surface area contributed by atoms with E-state index >= 15 is 0 Å². The van der Waals surface area contributed by atoms with Crippen molar-refractivity contribution in [3.8, 4) is 0 Å². The number of ether oxygens (including phenoxy) is 1. The summed E-state index contributed by atoms with van der Waals surface area (Å²) in [6.07, 6.45) is 1.80. The zero-order chi connectivity index (χ0) is 18.5. The fraction of sp³-hybridized carbons (Fsp3) is 0.368. The van der Waals surface area contributed by atoms with Crippen LogP contribution in [0, 0.1) is 5.92 Å². The molecule has 1 unspecified atom stereocenters. The highest BCUT2D eigenvalue weighted by molar-refractivity contribution is 9.10. The number of benzene rings is 1. The van der Waals surface area contributed by atoms with E-state index in [4.69, 9.17) is 9.15 Å². The lowest BCUT2D eigenvalue weighted by Crippen LogP contribution is -2.39. The fourth-order valence-corrected chi connectivity index (χ4v) is 3.47. The summed E-state index contributed by atoms with van der Waals surface area (Å²) in [5, 5.41) is 0. The lowest BCUT2D eigenvalue weighted by atomic mass is 10.1. The van der Waals surface area contributed by atoms with Crippen molar-refractivity contribution in [1.82, 2.24) is 4.90 Å². The van der Waals surface area contributed by atoms with E-state index in [2.05, 4.69) is 15.9 Å². The van der Waals surface area contributed by atoms with Gasteiger partial charge in [0.25, 0.3) is 0 Å². The van der Waals surface area contributed by atoms with Crippen LogP contribution in [0.5, 0.6) is 0 Å². The normalized spacial score (nSPS) is 16.9. The van der Waals surface area contributed by atoms with Gasteiger partial charge in [-0.3, -0.25) is 9.59 Å². The molecule has 1 aromatic carbocycles. The van der Waals surface area contributed by atoms with Gasteiger partial charge in [0.1, 0.15) is 5.76 Å². The molecule has 1 fully saturated rings. The summed E-state index contributed by atoms with van der Waals surface area (Å²) in [5.74, 6) is 0.256. The number of furan rings is 1. The maximum Gasteiger partial charge on any atom is 0.228 e. The Morgan fingerprint density at radius 1 is 1.38 bits per heavy atom. The van der Waals surface area contributed by atoms with Crippen molar-refractivity contribution in [1.29, 1.82) is 0 Å². The molecule has 2 aromatic rings. The van der Waals surface area contributed by atoms with Crippen LogP contribution in [0.4, 0.5) is 5.69 Å². The summed E-state index contributed by atoms with van der Waals surface area (Å²) in [6, 6.07) is 11.2. The van der Waals surface area contributed by atoms with E-state index in [-0.39, 0.29) is 24.2 Å². The van der Waals surface area contributed by atoms with Gasteiger partial charge in [0.2, 0.25) is 11.8 Å². The fourth-order valence-electron chi connectivity index (χ4n) is 3.08. The first-order valence-corrected chi connectivity index (χ1v) is 9.24. The predicted molar refractivity (Wildman–Crippen MR) is 101 cm³/mol. The van der Waals surface area contributed by atoms with Crippen LogP contribution in [0.2, 0.25) is 0 Å². The third-order valence-electron chi connectivity index (χ3n) is 4.40. The van der Waals surface area contributed by atoms with Crippen molar-refractivity contribution in [2.24, 2.45) is 5.92 Å². The second kappa shape index (κ2) is 8.51. The van der Waals surface area contributed by atoms with Gasteiger partial charge in [-0.15, -0.1) is 0 Å². The average Bonchev–Trinajstić information content (AvgIpc) is 3.27. The summed E-state index contributed by atoms with van der Waals surface area (Å²) in [5.41, 5.74) is 0.800. The Morgan fingerprint density at radius 2 is 2.23 bits per heavy atom. The van der Waals surface area contributed by atoms with Crippen LogP contribution in [0.25, 0.3) is 0 Å². The molecule has 0 saturated carbocycles. The zero-order valence-electron chi connectivity index (χ0n) is 14.6. The second-order valence-electron chi connectivity index (χ2n) is 6.22. The summed E-state index contributed by atoms with van der Waals surface area (Å²) >= 11 is 3.42. The van der Waals surface area contributed by atoms with E-state index < -0.39 is 0 Å². The van der Waals surface area contributed by atoms with Crippen molar-refractivity contribution in [2.75, 3.05) is 31.7 Å². The molecule has 0 spiro atoms. The molecule has 6 nitrogen and oxygen atoms in total. The molecule has 0 N–H and O–H groups in total. The summed E-state index contributed by atoms with van der Waals surface area (Å²) in [7, 11) is 1.60. The van der Waals surface area contributed by atoms with Crippen molar-refractivity contribution in [2.45, 2.75) is 13.0 Å². The molecule has 7 heteroatoms. The molecule has 0 bridgehead atoms. The summed E-state index contributed by atoms with van der Waals surface area (Å²) in [6.45, 7) is 1.65. The molecule has 2 heterocycles. The van der Waals surface area contributed by atoms with Crippen molar-refractivity contribution in [3.63, 3.8) is 0 Å². The minimum absolute atomic E-state index is 0.0360. The van der Waals surface area contributed by atoms with Gasteiger partial charge in [0.05, 0.1) is 25.3 Å². The molecule has 26 heavy (non-hydrogen) atoms. The zero-order valence-corrected chi connectivity index (χ0v) is 16.1. The van der Waals surface area contributed by atoms with Gasteiger partial charge in [-0.05, 0) is 30.3 Å². The monoisotopic (exact) mass is 420 g/mol. The Balaban J connectivity index is 1.71. The third-order valence-corrected chi connectivity index (χ3v) is 4.89. The Bertz CT molecular complexity index is 763. The Kier molecular flexibility index (Phi) is 6.11. The Morgan fingerprint density at radius 3 is 2.92 bits per heavy atom. The Hall–Kier alpha value is -2.12. The second-order valence-corrected chi connectivity index (χ2v) is 7.13. The SMILES string of the molecule is COCCN(Cc1ccco1)C(=O)C1CC(=O)N(c2cccc(Br)c2)C1. The first-order valence-electron chi connectivity index (χ1n) is 8.44. The van der Waals surface area contributed by atoms with Crippen LogP contribution in [0.1, 0.15) is 12.2 Å². The molecule has 0 aliphatic carbocycles. The highest BCUT2D eigenvalue weighted by Gasteiger charge is 2.37. The molecular formula is C19H21BrN2O4. The highest BCUT2D eigenvalue weighted by Crippen LogP contribution is 2.28. The molecule has 1 aliphatic rings. The quantitative estimate of drug-likeness (QED) is 0.690. The minimum atomic E-state index is -0.367. The first kappa shape index (κ1) is 18.7. The molecule has 2 amide bonds. The van der Waals surface area contributed by atoms with Gasteiger partial charge in [-0.25, -0.2) is 0 Å². The number of rotatable bonds is 7. The number of carbonyl (C=O) groups is 2. The van der Waals surface area contributed by atoms with E-state index in [1.54, 1.807) is 29.2 Å². The smallest absolute Gasteiger partial charge is 0.228 e. The van der Waals surface area contributed by atoms with Crippen molar-refractivity contribution >= 4 is 33.4 Å². The number of anilines is 1. The first-order chi connectivity index (χ1) is 12.6. The van der Waals surface area contributed by atoms with Crippen LogP contribution < -0.4 is 4.90 Å². The van der Waals surface area contributed by atoms with Gasteiger partial charge in [0, 0.05) is 36.8 Å². The largest absolute Gasteiger partial charge is 0.467 e. The molecule has 1 aromatic heterocycles. The molecule has 3 rings (SSSR count). The van der Waals surface area contributed by atoms with Crippen LogP contribution in [0.3, 0.4) is 0 Å². The van der Waals surface area contributed by atoms with Gasteiger partial charge < -0.3 is 19.0 Å². The van der Waals surface area contributed by atoms with Crippen LogP contribution >= 0.6 is 15.9 Å². The standard InChI is InChI=1S/C19H21BrN2O4/c1-25-9-7-21(13-17-6-3-8-26-17)19(24)14-10-18(23)22(12-14)16-5-2-4-15(20)11-16/h2-6,8,11,14H,7,9-10,12-13H2,1H3. The number of halogens is 1. The summed E-state index contributed by atoms with van der Waals surface area (Å²) in [4.78, 5) is 28.8. The number of carbonyl (C=O) groups excluding carboxylic acids is 2. The number of hydrogen-bond donors (Lipinski definition) is 0. The lowest BCUT2D eigenvalue weighted by Gasteiger charge is -2.24. The molecule has 1 saturated heterocycles. The third kappa shape index (κ3) is 4.34. The summed E-state index contributed by atoms with van der Waals surface area (Å²) < 4.78 is 11.4. The van der Waals surface area contributed by atoms with E-state index in [0.717, 1.165) is 10.2 Å². The topological polar surface area (TPSA) is 63.0 Å². The molecular weight excluding hydrogens is 400 g/mol. The van der Waals surface area contributed by atoms with Crippen molar-refractivity contribution in [3.05, 3.63) is 52.9 Å². The number of nitrogens with zero attached hydrogens (tertiary/aromatic N) is 2. The van der Waals surface area contributed by atoms with Gasteiger partial charge >= 0.3 is 0 Å². The van der Waals surface area contributed by atoms with Crippen LogP contribution in [0.15, 0.2) is 51.6 Å². The minimum Gasteiger partial charge on any atom is -0.467 e. The number of amides is 2. The molecule has 1 atom stereocenters. The van der Waals surface area contributed by atoms with E-state index in [9.17, 15) is 9.59 Å². The highest BCUT2D eigenvalue weighted by atomic mass is 79.9. The predicted octanol–water partition coefficient (Wildman–Crippen LogP) is 3.07. The van der Waals surface area contributed by atoms with Crippen LogP contribution in [-0.2, 0) is 20.9 Å². The molecule has 0 radical (unpaired) electrons. The van der Waals surface area contributed by atoms with Crippen LogP contribution in [-0.4, -0.2) is 43.5 Å². The Labute approximate surface area is 160 Å². The molecule has 138 valence electrons. The van der Waals surface area contributed by atoms with Gasteiger partial charge in [-0.2, -0.15) is 0 Å². The van der Waals surface area contributed by atoms with E-state index in [1.807, 2.05) is 30.3 Å². The van der Waals surface area contributed by atoms with Gasteiger partial charge in [0.15, 0.2) is 0 Å². The van der Waals surface area contributed by atoms with Gasteiger partial charge in [-0.1, -0.05) is 22.0 Å². The molecule has 1 aliphatic heterocycles. The lowest BCUT2D eigenvalue weighted by molar-refractivity contribution is -0.137. The van der Waals surface area contributed by atoms with E-state index in [0.29, 0.717) is 32.0 Å². The van der Waals surface area contributed by atoms with Crippen molar-refractivity contribution < 1.29 is 18.7 Å². The number of methoxy groups -OCH3 is 1. The number of hydrogen-bond acceptors (Lipinski definition) is 4. The maximum absolute atomic E-state index is 13.0. The average molecular weight is 421 g/mol. The van der Waals surface area contributed by atoms with E-state index in [1.165, 1.54) is 0 Å². The maximum atomic E-state index is 13.0.